The first-order valence-corrected chi connectivity index (χ1v) is 5.51. The van der Waals surface area contributed by atoms with Gasteiger partial charge < -0.3 is 10.1 Å². The third-order valence-electron chi connectivity index (χ3n) is 1.96. The van der Waals surface area contributed by atoms with E-state index in [0.29, 0.717) is 16.5 Å². The summed E-state index contributed by atoms with van der Waals surface area (Å²) in [5.41, 5.74) is 4.49. The Kier molecular flexibility index (Phi) is 5.44. The fourth-order valence-electron chi connectivity index (χ4n) is 1.17. The van der Waals surface area contributed by atoms with Crippen LogP contribution >= 0.6 is 11.6 Å². The highest BCUT2D eigenvalue weighted by Crippen LogP contribution is 2.27. The molecule has 7 nitrogen and oxygen atoms in total. The number of rotatable bonds is 3. The summed E-state index contributed by atoms with van der Waals surface area (Å²) in [6.45, 7) is 0. The number of nitrogens with zero attached hydrogens (tertiary/aromatic N) is 1. The third-order valence-corrected chi connectivity index (χ3v) is 2.20. The van der Waals surface area contributed by atoms with Gasteiger partial charge in [-0.05, 0) is 18.2 Å². The quantitative estimate of drug-likeness (QED) is 0.729. The predicted molar refractivity (Wildman–Crippen MR) is 68.5 cm³/mol. The highest BCUT2D eigenvalue weighted by molar-refractivity contribution is 6.31. The molecule has 0 aliphatic heterocycles. The standard InChI is InChI=1S/C11H11ClN4O3/c1-19-9-3-2-7(12)6-8(9)14-11(18)16-15-10(17)4-5-13/h2-3,6H,4H2,1H3,(H,15,17)(H2,14,16,18). The number of carbonyl (C=O) groups is 2. The average Bonchev–Trinajstić information content (AvgIpc) is 2.37. The first-order chi connectivity index (χ1) is 9.06. The number of carbonyl (C=O) groups excluding carboxylic acids is 2. The van der Waals surface area contributed by atoms with Crippen LogP contribution in [-0.2, 0) is 4.79 Å². The molecule has 0 spiro atoms. The van der Waals surface area contributed by atoms with Crippen molar-refractivity contribution < 1.29 is 14.3 Å². The van der Waals surface area contributed by atoms with Crippen LogP contribution in [0.4, 0.5) is 10.5 Å². The molecule has 19 heavy (non-hydrogen) atoms. The summed E-state index contributed by atoms with van der Waals surface area (Å²) in [5, 5.41) is 11.1. The molecule has 0 aliphatic rings. The van der Waals surface area contributed by atoms with Crippen molar-refractivity contribution in [2.75, 3.05) is 12.4 Å². The SMILES string of the molecule is COc1ccc(Cl)cc1NC(=O)NNC(=O)CC#N. The van der Waals surface area contributed by atoms with Gasteiger partial charge in [0.05, 0.1) is 18.9 Å². The van der Waals surface area contributed by atoms with Crippen LogP contribution < -0.4 is 20.9 Å². The van der Waals surface area contributed by atoms with Crippen molar-refractivity contribution in [2.45, 2.75) is 6.42 Å². The fraction of sp³-hybridized carbons (Fsp3) is 0.182. The molecule has 0 atom stereocenters. The Balaban J connectivity index is 2.60. The second kappa shape index (κ2) is 7.08. The highest BCUT2D eigenvalue weighted by atomic mass is 35.5. The Morgan fingerprint density at radius 2 is 2.16 bits per heavy atom. The molecule has 0 radical (unpaired) electrons. The smallest absolute Gasteiger partial charge is 0.338 e. The summed E-state index contributed by atoms with van der Waals surface area (Å²) in [6.07, 6.45) is -0.346. The first kappa shape index (κ1) is 14.6. The van der Waals surface area contributed by atoms with Crippen molar-refractivity contribution in [3.8, 4) is 11.8 Å². The van der Waals surface area contributed by atoms with Crippen molar-refractivity contribution >= 4 is 29.2 Å². The molecule has 3 amide bonds. The van der Waals surface area contributed by atoms with Gasteiger partial charge in [-0.2, -0.15) is 5.26 Å². The van der Waals surface area contributed by atoms with Crippen LogP contribution in [0.15, 0.2) is 18.2 Å². The Morgan fingerprint density at radius 1 is 1.42 bits per heavy atom. The lowest BCUT2D eigenvalue weighted by Gasteiger charge is -2.11. The molecule has 0 saturated heterocycles. The lowest BCUT2D eigenvalue weighted by Crippen LogP contribution is -2.43. The number of anilines is 1. The molecular formula is C11H11ClN4O3. The van der Waals surface area contributed by atoms with Gasteiger partial charge in [0.2, 0.25) is 0 Å². The zero-order valence-corrected chi connectivity index (χ0v) is 10.7. The van der Waals surface area contributed by atoms with Crippen LogP contribution in [0.2, 0.25) is 5.02 Å². The van der Waals surface area contributed by atoms with E-state index in [1.165, 1.54) is 13.2 Å². The minimum absolute atomic E-state index is 0.346. The largest absolute Gasteiger partial charge is 0.495 e. The zero-order chi connectivity index (χ0) is 14.3. The Hall–Kier alpha value is -2.46. The Labute approximate surface area is 114 Å². The number of nitriles is 1. The van der Waals surface area contributed by atoms with Crippen LogP contribution in [-0.4, -0.2) is 19.0 Å². The average molecular weight is 283 g/mol. The van der Waals surface area contributed by atoms with Crippen molar-refractivity contribution in [1.82, 2.24) is 10.9 Å². The summed E-state index contributed by atoms with van der Waals surface area (Å²) >= 11 is 5.79. The van der Waals surface area contributed by atoms with E-state index < -0.39 is 11.9 Å². The molecule has 1 aromatic carbocycles. The molecular weight excluding hydrogens is 272 g/mol. The Bertz CT molecular complexity index is 527. The monoisotopic (exact) mass is 282 g/mol. The topological polar surface area (TPSA) is 103 Å². The summed E-state index contributed by atoms with van der Waals surface area (Å²) in [5.74, 6) is -0.196. The lowest BCUT2D eigenvalue weighted by atomic mass is 10.3. The molecule has 3 N–H and O–H groups in total. The number of urea groups is 1. The van der Waals surface area contributed by atoms with Gasteiger partial charge in [0.15, 0.2) is 0 Å². The van der Waals surface area contributed by atoms with Crippen LogP contribution in [0.25, 0.3) is 0 Å². The number of nitrogens with one attached hydrogen (secondary N) is 3. The molecule has 0 saturated carbocycles. The molecule has 0 unspecified atom stereocenters. The molecule has 1 aromatic rings. The van der Waals surface area contributed by atoms with Gasteiger partial charge in [-0.1, -0.05) is 11.6 Å². The molecule has 100 valence electrons. The van der Waals surface area contributed by atoms with Gasteiger partial charge in [-0.15, -0.1) is 0 Å². The van der Waals surface area contributed by atoms with Gasteiger partial charge in [0.25, 0.3) is 5.91 Å². The molecule has 1 rings (SSSR count). The zero-order valence-electron chi connectivity index (χ0n) is 9.99. The van der Waals surface area contributed by atoms with E-state index in [1.54, 1.807) is 18.2 Å². The van der Waals surface area contributed by atoms with Gasteiger partial charge >= 0.3 is 6.03 Å². The van der Waals surface area contributed by atoms with E-state index in [2.05, 4.69) is 16.2 Å². The number of hydrogen-bond donors (Lipinski definition) is 3. The fourth-order valence-corrected chi connectivity index (χ4v) is 1.35. The van der Waals surface area contributed by atoms with Gasteiger partial charge in [-0.25, -0.2) is 10.2 Å². The van der Waals surface area contributed by atoms with Crippen molar-refractivity contribution in [3.05, 3.63) is 23.2 Å². The summed E-state index contributed by atoms with van der Waals surface area (Å²) in [6, 6.07) is 5.65. The minimum Gasteiger partial charge on any atom is -0.495 e. The maximum absolute atomic E-state index is 11.5. The predicted octanol–water partition coefficient (Wildman–Crippen LogP) is 1.41. The number of amides is 3. The third kappa shape index (κ3) is 4.73. The molecule has 0 aromatic heterocycles. The van der Waals surface area contributed by atoms with E-state index in [0.717, 1.165) is 0 Å². The Morgan fingerprint density at radius 3 is 2.79 bits per heavy atom. The van der Waals surface area contributed by atoms with E-state index in [9.17, 15) is 9.59 Å². The van der Waals surface area contributed by atoms with Crippen LogP contribution in [0.1, 0.15) is 6.42 Å². The molecule has 0 heterocycles. The van der Waals surface area contributed by atoms with E-state index >= 15 is 0 Å². The summed E-state index contributed by atoms with van der Waals surface area (Å²) in [7, 11) is 1.45. The molecule has 0 bridgehead atoms. The van der Waals surface area contributed by atoms with Crippen LogP contribution in [0, 0.1) is 11.3 Å². The lowest BCUT2D eigenvalue weighted by molar-refractivity contribution is -0.120. The number of hydrazine groups is 1. The second-order valence-electron chi connectivity index (χ2n) is 3.31. The van der Waals surface area contributed by atoms with Gasteiger partial charge in [0.1, 0.15) is 12.2 Å². The summed E-state index contributed by atoms with van der Waals surface area (Å²) in [4.78, 5) is 22.4. The van der Waals surface area contributed by atoms with E-state index in [4.69, 9.17) is 21.6 Å². The first-order valence-electron chi connectivity index (χ1n) is 5.13. The molecule has 0 aliphatic carbocycles. The van der Waals surface area contributed by atoms with Gasteiger partial charge in [0, 0.05) is 5.02 Å². The maximum Gasteiger partial charge on any atom is 0.338 e. The van der Waals surface area contributed by atoms with Crippen LogP contribution in [0.5, 0.6) is 5.75 Å². The number of halogens is 1. The van der Waals surface area contributed by atoms with Crippen LogP contribution in [0.3, 0.4) is 0 Å². The number of hydrogen-bond acceptors (Lipinski definition) is 4. The molecule has 0 fully saturated rings. The second-order valence-corrected chi connectivity index (χ2v) is 3.74. The van der Waals surface area contributed by atoms with Gasteiger partial charge in [-0.3, -0.25) is 10.2 Å². The van der Waals surface area contributed by atoms with Crippen molar-refractivity contribution in [1.29, 1.82) is 5.26 Å². The number of methoxy groups -OCH3 is 1. The minimum atomic E-state index is -0.688. The number of benzene rings is 1. The molecule has 8 heteroatoms. The maximum atomic E-state index is 11.5. The van der Waals surface area contributed by atoms with Crippen molar-refractivity contribution in [3.63, 3.8) is 0 Å². The summed E-state index contributed by atoms with van der Waals surface area (Å²) < 4.78 is 5.03. The highest BCUT2D eigenvalue weighted by Gasteiger charge is 2.08. The van der Waals surface area contributed by atoms with E-state index in [1.807, 2.05) is 0 Å². The van der Waals surface area contributed by atoms with E-state index in [-0.39, 0.29) is 6.42 Å². The number of ether oxygens (including phenoxy) is 1. The van der Waals surface area contributed by atoms with Crippen molar-refractivity contribution in [2.24, 2.45) is 0 Å². The normalized spacial score (nSPS) is 9.11.